The van der Waals surface area contributed by atoms with Crippen LogP contribution in [0.25, 0.3) is 16.9 Å². The number of fused-ring (bicyclic) bond motifs is 1. The molecule has 0 unspecified atom stereocenters. The van der Waals surface area contributed by atoms with Crippen molar-refractivity contribution in [2.75, 3.05) is 39.4 Å². The Labute approximate surface area is 157 Å². The Morgan fingerprint density at radius 3 is 2.96 bits per heavy atom. The molecule has 8 nitrogen and oxygen atoms in total. The van der Waals surface area contributed by atoms with E-state index in [4.69, 9.17) is 4.74 Å². The smallest absolute Gasteiger partial charge is 0.251 e. The van der Waals surface area contributed by atoms with Gasteiger partial charge in [0.15, 0.2) is 5.65 Å². The molecular weight excluding hydrogens is 344 g/mol. The Hall–Kier alpha value is -2.84. The minimum atomic E-state index is -0.0868. The van der Waals surface area contributed by atoms with Gasteiger partial charge < -0.3 is 10.1 Å². The summed E-state index contributed by atoms with van der Waals surface area (Å²) in [6.07, 6.45) is 2.62. The molecule has 2 aromatic heterocycles. The van der Waals surface area contributed by atoms with Crippen molar-refractivity contribution in [1.82, 2.24) is 30.2 Å². The highest BCUT2D eigenvalue weighted by molar-refractivity contribution is 5.94. The van der Waals surface area contributed by atoms with Crippen molar-refractivity contribution in [3.05, 3.63) is 48.2 Å². The van der Waals surface area contributed by atoms with E-state index < -0.39 is 0 Å². The van der Waals surface area contributed by atoms with Crippen LogP contribution in [0.3, 0.4) is 0 Å². The van der Waals surface area contributed by atoms with Crippen LogP contribution >= 0.6 is 0 Å². The number of nitrogens with zero attached hydrogens (tertiary/aromatic N) is 5. The average molecular weight is 366 g/mol. The predicted octanol–water partition coefficient (Wildman–Crippen LogP) is 1.27. The quantitative estimate of drug-likeness (QED) is 0.661. The lowest BCUT2D eigenvalue weighted by molar-refractivity contribution is 0.0374. The van der Waals surface area contributed by atoms with Gasteiger partial charge in [-0.15, -0.1) is 5.10 Å². The number of rotatable bonds is 6. The molecule has 1 fully saturated rings. The van der Waals surface area contributed by atoms with Crippen molar-refractivity contribution in [2.24, 2.45) is 0 Å². The SMILES string of the molecule is O=C(NCCCN1CCOCC1)c1cccc(-n2nnc3cccnc32)c1. The van der Waals surface area contributed by atoms with Gasteiger partial charge in [-0.2, -0.15) is 4.68 Å². The van der Waals surface area contributed by atoms with Gasteiger partial charge in [0, 0.05) is 31.4 Å². The summed E-state index contributed by atoms with van der Waals surface area (Å²) < 4.78 is 6.99. The van der Waals surface area contributed by atoms with E-state index in [2.05, 4.69) is 25.5 Å². The van der Waals surface area contributed by atoms with E-state index in [1.54, 1.807) is 23.0 Å². The van der Waals surface area contributed by atoms with E-state index in [-0.39, 0.29) is 5.91 Å². The summed E-state index contributed by atoms with van der Waals surface area (Å²) >= 11 is 0. The van der Waals surface area contributed by atoms with Gasteiger partial charge in [-0.1, -0.05) is 11.3 Å². The molecule has 1 N–H and O–H groups in total. The Morgan fingerprint density at radius 1 is 1.19 bits per heavy atom. The highest BCUT2D eigenvalue weighted by Crippen LogP contribution is 2.15. The van der Waals surface area contributed by atoms with Crippen LogP contribution in [0.15, 0.2) is 42.6 Å². The third kappa shape index (κ3) is 4.12. The van der Waals surface area contributed by atoms with Crippen molar-refractivity contribution >= 4 is 17.1 Å². The minimum Gasteiger partial charge on any atom is -0.379 e. The molecule has 0 aliphatic carbocycles. The van der Waals surface area contributed by atoms with Gasteiger partial charge >= 0.3 is 0 Å². The predicted molar refractivity (Wildman–Crippen MR) is 101 cm³/mol. The van der Waals surface area contributed by atoms with Crippen molar-refractivity contribution in [1.29, 1.82) is 0 Å². The van der Waals surface area contributed by atoms with Crippen LogP contribution in [-0.2, 0) is 4.74 Å². The minimum absolute atomic E-state index is 0.0868. The lowest BCUT2D eigenvalue weighted by Crippen LogP contribution is -2.38. The van der Waals surface area contributed by atoms with Crippen LogP contribution in [0, 0.1) is 0 Å². The molecule has 27 heavy (non-hydrogen) atoms. The molecule has 1 aliphatic rings. The number of carbonyl (C=O) groups excluding carboxylic acids is 1. The maximum atomic E-state index is 12.5. The number of nitrogens with one attached hydrogen (secondary N) is 1. The fourth-order valence-corrected chi connectivity index (χ4v) is 3.15. The third-order valence-corrected chi connectivity index (χ3v) is 4.60. The number of hydrogen-bond acceptors (Lipinski definition) is 6. The molecule has 0 saturated carbocycles. The fraction of sp³-hybridized carbons (Fsp3) is 0.368. The zero-order valence-electron chi connectivity index (χ0n) is 15.0. The largest absolute Gasteiger partial charge is 0.379 e. The van der Waals surface area contributed by atoms with Crippen LogP contribution in [0.5, 0.6) is 0 Å². The fourth-order valence-electron chi connectivity index (χ4n) is 3.15. The number of aromatic nitrogens is 4. The van der Waals surface area contributed by atoms with E-state index in [1.165, 1.54) is 0 Å². The van der Waals surface area contributed by atoms with Crippen molar-refractivity contribution in [2.45, 2.75) is 6.42 Å². The van der Waals surface area contributed by atoms with E-state index >= 15 is 0 Å². The first-order chi connectivity index (χ1) is 13.3. The number of amides is 1. The highest BCUT2D eigenvalue weighted by atomic mass is 16.5. The summed E-state index contributed by atoms with van der Waals surface area (Å²) in [5.74, 6) is -0.0868. The number of hydrogen-bond donors (Lipinski definition) is 1. The van der Waals surface area contributed by atoms with Crippen LogP contribution < -0.4 is 5.32 Å². The number of ether oxygens (including phenoxy) is 1. The lowest BCUT2D eigenvalue weighted by atomic mass is 10.2. The standard InChI is InChI=1S/C19H22N6O2/c26-19(21-8-3-9-24-10-12-27-13-11-24)15-4-1-5-16(14-15)25-18-17(22-23-25)6-2-7-20-18/h1-2,4-7,14H,3,8-13H2,(H,21,26). The molecule has 4 rings (SSSR count). The third-order valence-electron chi connectivity index (χ3n) is 4.60. The van der Waals surface area contributed by atoms with Gasteiger partial charge in [-0.05, 0) is 43.3 Å². The van der Waals surface area contributed by atoms with Crippen LogP contribution in [0.4, 0.5) is 0 Å². The first kappa shape index (κ1) is 17.6. The van der Waals surface area contributed by atoms with E-state index in [1.807, 2.05) is 24.3 Å². The van der Waals surface area contributed by atoms with E-state index in [0.29, 0.717) is 17.8 Å². The summed E-state index contributed by atoms with van der Waals surface area (Å²) in [5.41, 5.74) is 2.74. The second-order valence-electron chi connectivity index (χ2n) is 6.46. The molecule has 3 heterocycles. The van der Waals surface area contributed by atoms with Gasteiger partial charge in [0.2, 0.25) is 0 Å². The number of pyridine rings is 1. The number of morpholine rings is 1. The molecule has 0 spiro atoms. The van der Waals surface area contributed by atoms with Crippen molar-refractivity contribution in [3.8, 4) is 5.69 Å². The molecule has 0 bridgehead atoms. The normalized spacial score (nSPS) is 15.1. The molecule has 0 radical (unpaired) electrons. The summed E-state index contributed by atoms with van der Waals surface area (Å²) in [7, 11) is 0. The molecule has 3 aromatic rings. The first-order valence-corrected chi connectivity index (χ1v) is 9.16. The van der Waals surface area contributed by atoms with Crippen molar-refractivity contribution in [3.63, 3.8) is 0 Å². The van der Waals surface area contributed by atoms with Crippen LogP contribution in [0.2, 0.25) is 0 Å². The van der Waals surface area contributed by atoms with Crippen LogP contribution in [-0.4, -0.2) is 70.2 Å². The van der Waals surface area contributed by atoms with E-state index in [9.17, 15) is 4.79 Å². The van der Waals surface area contributed by atoms with Gasteiger partial charge in [-0.3, -0.25) is 9.69 Å². The summed E-state index contributed by atoms with van der Waals surface area (Å²) in [5, 5.41) is 11.3. The second-order valence-corrected chi connectivity index (χ2v) is 6.46. The average Bonchev–Trinajstić information content (AvgIpc) is 3.16. The second kappa shape index (κ2) is 8.24. The molecule has 1 saturated heterocycles. The Balaban J connectivity index is 1.37. The first-order valence-electron chi connectivity index (χ1n) is 9.16. The zero-order chi connectivity index (χ0) is 18.5. The summed E-state index contributed by atoms with van der Waals surface area (Å²) in [4.78, 5) is 19.2. The molecule has 140 valence electrons. The number of benzene rings is 1. The van der Waals surface area contributed by atoms with Crippen molar-refractivity contribution < 1.29 is 9.53 Å². The maximum absolute atomic E-state index is 12.5. The van der Waals surface area contributed by atoms with E-state index in [0.717, 1.165) is 50.5 Å². The maximum Gasteiger partial charge on any atom is 0.251 e. The molecule has 1 aliphatic heterocycles. The zero-order valence-corrected chi connectivity index (χ0v) is 15.0. The molecule has 1 amide bonds. The van der Waals surface area contributed by atoms with Gasteiger partial charge in [-0.25, -0.2) is 4.98 Å². The van der Waals surface area contributed by atoms with Crippen LogP contribution in [0.1, 0.15) is 16.8 Å². The van der Waals surface area contributed by atoms with Gasteiger partial charge in [0.25, 0.3) is 5.91 Å². The molecule has 8 heteroatoms. The Morgan fingerprint density at radius 2 is 2.07 bits per heavy atom. The van der Waals surface area contributed by atoms with Gasteiger partial charge in [0.05, 0.1) is 18.9 Å². The molecular formula is C19H22N6O2. The highest BCUT2D eigenvalue weighted by Gasteiger charge is 2.12. The Kier molecular flexibility index (Phi) is 5.36. The molecule has 0 atom stereocenters. The summed E-state index contributed by atoms with van der Waals surface area (Å²) in [6, 6.07) is 11.0. The van der Waals surface area contributed by atoms with Gasteiger partial charge in [0.1, 0.15) is 5.52 Å². The lowest BCUT2D eigenvalue weighted by Gasteiger charge is -2.26. The summed E-state index contributed by atoms with van der Waals surface area (Å²) in [6.45, 7) is 5.15. The Bertz CT molecular complexity index is 919. The molecule has 1 aromatic carbocycles. The number of carbonyl (C=O) groups is 1. The topological polar surface area (TPSA) is 85.2 Å². The monoisotopic (exact) mass is 366 g/mol.